The van der Waals surface area contributed by atoms with E-state index in [1.165, 1.54) is 11.8 Å². The summed E-state index contributed by atoms with van der Waals surface area (Å²) in [6.07, 6.45) is -4.42. The fourth-order valence-corrected chi connectivity index (χ4v) is 2.89. The van der Waals surface area contributed by atoms with Crippen LogP contribution in [-0.2, 0) is 14.3 Å². The van der Waals surface area contributed by atoms with E-state index in [0.717, 1.165) is 0 Å². The van der Waals surface area contributed by atoms with Gasteiger partial charge in [0.25, 0.3) is 0 Å². The van der Waals surface area contributed by atoms with Gasteiger partial charge in [-0.05, 0) is 12.2 Å². The fourth-order valence-electron chi connectivity index (χ4n) is 1.57. The molecule has 9 heteroatoms. The first-order valence-corrected chi connectivity index (χ1v) is 6.67. The lowest BCUT2D eigenvalue weighted by molar-refractivity contribution is -0.174. The zero-order chi connectivity index (χ0) is 14.5. The Morgan fingerprint density at radius 3 is 2.58 bits per heavy atom. The van der Waals surface area contributed by atoms with Crippen LogP contribution in [0, 0.1) is 0 Å². The molecule has 2 N–H and O–H groups in total. The number of ether oxygens (including phenoxy) is 1. The number of aliphatic carboxylic acids is 1. The van der Waals surface area contributed by atoms with Crippen molar-refractivity contribution in [1.82, 2.24) is 5.32 Å². The number of thioether (sulfide) groups is 1. The van der Waals surface area contributed by atoms with E-state index >= 15 is 0 Å². The van der Waals surface area contributed by atoms with Gasteiger partial charge in [-0.3, -0.25) is 4.79 Å². The molecule has 1 rings (SSSR count). The summed E-state index contributed by atoms with van der Waals surface area (Å²) >= 11 is 1.41. The number of hydrogen-bond acceptors (Lipinski definition) is 4. The van der Waals surface area contributed by atoms with Crippen molar-refractivity contribution in [3.63, 3.8) is 0 Å². The highest BCUT2D eigenvalue weighted by atomic mass is 32.2. The van der Waals surface area contributed by atoms with E-state index in [0.29, 0.717) is 12.2 Å². The smallest absolute Gasteiger partial charge is 0.411 e. The number of rotatable bonds is 6. The van der Waals surface area contributed by atoms with Gasteiger partial charge in [0.15, 0.2) is 0 Å². The van der Waals surface area contributed by atoms with Crippen molar-refractivity contribution in [2.45, 2.75) is 24.6 Å². The average molecular weight is 301 g/mol. The van der Waals surface area contributed by atoms with Crippen molar-refractivity contribution in [2.24, 2.45) is 0 Å². The molecule has 1 atom stereocenters. The highest BCUT2D eigenvalue weighted by Crippen LogP contribution is 2.28. The molecule has 0 radical (unpaired) electrons. The van der Waals surface area contributed by atoms with Gasteiger partial charge in [0, 0.05) is 12.2 Å². The van der Waals surface area contributed by atoms with Gasteiger partial charge in [0.05, 0.1) is 6.61 Å². The fraction of sp³-hybridized carbons (Fsp3) is 0.800. The number of carbonyl (C=O) groups excluding carboxylic acids is 1. The minimum Gasteiger partial charge on any atom is -0.479 e. The molecular weight excluding hydrogens is 287 g/mol. The molecule has 0 saturated carbocycles. The second-order valence-electron chi connectivity index (χ2n) is 4.16. The first kappa shape index (κ1) is 16.1. The molecule has 5 nitrogen and oxygen atoms in total. The highest BCUT2D eigenvalue weighted by Gasteiger charge is 2.43. The lowest BCUT2D eigenvalue weighted by atomic mass is 9.99. The summed E-state index contributed by atoms with van der Waals surface area (Å²) in [6.45, 7) is -1.81. The third-order valence-corrected chi connectivity index (χ3v) is 3.74. The normalized spacial score (nSPS) is 23.3. The van der Waals surface area contributed by atoms with Gasteiger partial charge in [0.1, 0.15) is 12.1 Å². The second kappa shape index (κ2) is 6.47. The maximum atomic E-state index is 11.8. The van der Waals surface area contributed by atoms with Crippen LogP contribution in [0.25, 0.3) is 0 Å². The summed E-state index contributed by atoms with van der Waals surface area (Å²) in [5.74, 6) is -0.858. The number of amides is 1. The van der Waals surface area contributed by atoms with Crippen molar-refractivity contribution < 1.29 is 32.6 Å². The first-order chi connectivity index (χ1) is 8.75. The topological polar surface area (TPSA) is 75.6 Å². The first-order valence-electron chi connectivity index (χ1n) is 5.52. The Labute approximate surface area is 111 Å². The predicted octanol–water partition coefficient (Wildman–Crippen LogP) is 1.03. The molecule has 1 aliphatic rings. The maximum Gasteiger partial charge on any atom is 0.411 e. The van der Waals surface area contributed by atoms with E-state index in [4.69, 9.17) is 5.11 Å². The standard InChI is InChI=1S/C10H14F3NO4S/c11-10(12,13)5-18-3-1-7(15)14-9(8(16)17)2-4-19-6-9/h1-6H2,(H,14,15)(H,16,17). The van der Waals surface area contributed by atoms with Crippen molar-refractivity contribution >= 4 is 23.6 Å². The Morgan fingerprint density at radius 1 is 1.42 bits per heavy atom. The second-order valence-corrected chi connectivity index (χ2v) is 5.26. The monoisotopic (exact) mass is 301 g/mol. The molecule has 1 fully saturated rings. The average Bonchev–Trinajstić information content (AvgIpc) is 2.73. The van der Waals surface area contributed by atoms with E-state index in [9.17, 15) is 22.8 Å². The van der Waals surface area contributed by atoms with Crippen LogP contribution in [0.3, 0.4) is 0 Å². The summed E-state index contributed by atoms with van der Waals surface area (Å²) in [5.41, 5.74) is -1.30. The van der Waals surface area contributed by atoms with Crippen molar-refractivity contribution in [3.05, 3.63) is 0 Å². The highest BCUT2D eigenvalue weighted by molar-refractivity contribution is 7.99. The van der Waals surface area contributed by atoms with Crippen LogP contribution in [0.4, 0.5) is 13.2 Å². The Hall–Kier alpha value is -0.960. The number of nitrogens with one attached hydrogen (secondary N) is 1. The quantitative estimate of drug-likeness (QED) is 0.717. The molecule has 0 aliphatic carbocycles. The molecule has 1 saturated heterocycles. The van der Waals surface area contributed by atoms with Crippen molar-refractivity contribution in [1.29, 1.82) is 0 Å². The number of carboxylic acid groups (broad SMARTS) is 1. The Morgan fingerprint density at radius 2 is 2.11 bits per heavy atom. The van der Waals surface area contributed by atoms with Gasteiger partial charge < -0.3 is 15.2 Å². The summed E-state index contributed by atoms with van der Waals surface area (Å²) < 4.78 is 39.6. The van der Waals surface area contributed by atoms with Gasteiger partial charge in [-0.25, -0.2) is 4.79 Å². The van der Waals surface area contributed by atoms with E-state index in [2.05, 4.69) is 10.1 Å². The lowest BCUT2D eigenvalue weighted by Gasteiger charge is -2.24. The van der Waals surface area contributed by atoms with Crippen molar-refractivity contribution in [3.8, 4) is 0 Å². The van der Waals surface area contributed by atoms with E-state index in [1.807, 2.05) is 0 Å². The van der Waals surface area contributed by atoms with Crippen LogP contribution in [0.1, 0.15) is 12.8 Å². The third-order valence-electron chi connectivity index (χ3n) is 2.55. The van der Waals surface area contributed by atoms with Gasteiger partial charge in [-0.15, -0.1) is 0 Å². The summed E-state index contributed by atoms with van der Waals surface area (Å²) in [5, 5.41) is 11.5. The predicted molar refractivity (Wildman–Crippen MR) is 61.9 cm³/mol. The number of alkyl halides is 3. The van der Waals surface area contributed by atoms with E-state index in [-0.39, 0.29) is 12.2 Å². The molecule has 1 amide bonds. The molecule has 0 aromatic rings. The number of carbonyl (C=O) groups is 2. The summed E-state index contributed by atoms with van der Waals surface area (Å²) in [6, 6.07) is 0. The molecule has 110 valence electrons. The van der Waals surface area contributed by atoms with Gasteiger partial charge in [-0.1, -0.05) is 0 Å². The van der Waals surface area contributed by atoms with E-state index < -0.39 is 36.8 Å². The van der Waals surface area contributed by atoms with Gasteiger partial charge >= 0.3 is 12.1 Å². The van der Waals surface area contributed by atoms with Crippen LogP contribution in [0.15, 0.2) is 0 Å². The van der Waals surface area contributed by atoms with Crippen molar-refractivity contribution in [2.75, 3.05) is 24.7 Å². The molecule has 0 aromatic carbocycles. The minimum absolute atomic E-state index is 0.261. The molecule has 1 heterocycles. The molecule has 19 heavy (non-hydrogen) atoms. The molecule has 1 unspecified atom stereocenters. The Kier molecular flexibility index (Phi) is 5.48. The molecule has 0 spiro atoms. The van der Waals surface area contributed by atoms with Crippen LogP contribution in [-0.4, -0.2) is 53.4 Å². The molecule has 1 aliphatic heterocycles. The Bertz CT molecular complexity index is 342. The van der Waals surface area contributed by atoms with Gasteiger partial charge in [0.2, 0.25) is 5.91 Å². The largest absolute Gasteiger partial charge is 0.479 e. The molecule has 0 aromatic heterocycles. The minimum atomic E-state index is -4.43. The Balaban J connectivity index is 2.32. The number of hydrogen-bond donors (Lipinski definition) is 2. The molecular formula is C10H14F3NO4S. The van der Waals surface area contributed by atoms with Crippen LogP contribution < -0.4 is 5.32 Å². The molecule has 0 bridgehead atoms. The van der Waals surface area contributed by atoms with Crippen LogP contribution in [0.5, 0.6) is 0 Å². The number of halogens is 3. The van der Waals surface area contributed by atoms with Crippen LogP contribution >= 0.6 is 11.8 Å². The summed E-state index contributed by atoms with van der Waals surface area (Å²) in [4.78, 5) is 22.6. The summed E-state index contributed by atoms with van der Waals surface area (Å²) in [7, 11) is 0. The van der Waals surface area contributed by atoms with Gasteiger partial charge in [-0.2, -0.15) is 24.9 Å². The van der Waals surface area contributed by atoms with E-state index in [1.54, 1.807) is 0 Å². The van der Waals surface area contributed by atoms with Crippen LogP contribution in [0.2, 0.25) is 0 Å². The maximum absolute atomic E-state index is 11.8. The zero-order valence-electron chi connectivity index (χ0n) is 9.96. The third kappa shape index (κ3) is 5.27. The lowest BCUT2D eigenvalue weighted by Crippen LogP contribution is -2.54. The zero-order valence-corrected chi connectivity index (χ0v) is 10.8. The SMILES string of the molecule is O=C(CCOCC(F)(F)F)NC1(C(=O)O)CCSC1. The number of carboxylic acids is 1.